The third kappa shape index (κ3) is 3.87. The summed E-state index contributed by atoms with van der Waals surface area (Å²) in [6.45, 7) is -0.373. The van der Waals surface area contributed by atoms with Crippen LogP contribution in [0, 0.1) is 0 Å². The number of hydrogen-bond acceptors (Lipinski definition) is 6. The standard InChI is InChI=1S/C23H16ClF2N5O4/c24-13-3-1-2-12(8-13)19-20-21(28-11-27-20)22(33)30(29-19)10-18(32)31(14-4-5-14)15-6-7-16-17(9-15)35-23(25,26)34-16/h1-3,6-9,11,14H,4-5,10H2,(H,27,28). The van der Waals surface area contributed by atoms with Crippen LogP contribution >= 0.6 is 11.6 Å². The Bertz CT molecular complexity index is 1550. The lowest BCUT2D eigenvalue weighted by atomic mass is 10.1. The van der Waals surface area contributed by atoms with E-state index in [1.165, 1.54) is 29.4 Å². The number of imidazole rings is 1. The van der Waals surface area contributed by atoms with Crippen LogP contribution in [0.1, 0.15) is 12.8 Å². The van der Waals surface area contributed by atoms with Crippen molar-refractivity contribution >= 4 is 34.2 Å². The van der Waals surface area contributed by atoms with Crippen molar-refractivity contribution in [3.05, 3.63) is 64.2 Å². The van der Waals surface area contributed by atoms with Crippen molar-refractivity contribution in [1.29, 1.82) is 0 Å². The number of H-pyrrole nitrogens is 1. The second-order valence-corrected chi connectivity index (χ2v) is 8.68. The number of hydrogen-bond donors (Lipinski definition) is 1. The Balaban J connectivity index is 1.37. The minimum Gasteiger partial charge on any atom is -0.395 e. The Morgan fingerprint density at radius 3 is 2.77 bits per heavy atom. The first-order valence-electron chi connectivity index (χ1n) is 10.7. The summed E-state index contributed by atoms with van der Waals surface area (Å²) in [4.78, 5) is 35.0. The van der Waals surface area contributed by atoms with Gasteiger partial charge < -0.3 is 19.4 Å². The molecule has 6 rings (SSSR count). The van der Waals surface area contributed by atoms with E-state index in [0.717, 1.165) is 17.5 Å². The molecule has 1 amide bonds. The van der Waals surface area contributed by atoms with E-state index in [4.69, 9.17) is 11.6 Å². The molecule has 0 saturated heterocycles. The van der Waals surface area contributed by atoms with Gasteiger partial charge in [0.15, 0.2) is 11.5 Å². The Morgan fingerprint density at radius 2 is 2.00 bits per heavy atom. The van der Waals surface area contributed by atoms with Gasteiger partial charge in [-0.25, -0.2) is 9.67 Å². The molecule has 3 heterocycles. The molecule has 2 aliphatic rings. The predicted molar refractivity (Wildman–Crippen MR) is 122 cm³/mol. The largest absolute Gasteiger partial charge is 0.586 e. The number of carbonyl (C=O) groups is 1. The average molecular weight is 500 g/mol. The first-order chi connectivity index (χ1) is 16.8. The van der Waals surface area contributed by atoms with Crippen LogP contribution in [0.2, 0.25) is 5.02 Å². The van der Waals surface area contributed by atoms with Crippen LogP contribution < -0.4 is 19.9 Å². The number of halogens is 3. The third-order valence-corrected chi connectivity index (χ3v) is 5.99. The number of carbonyl (C=O) groups excluding carboxylic acids is 1. The van der Waals surface area contributed by atoms with E-state index in [1.807, 2.05) is 0 Å². The van der Waals surface area contributed by atoms with Crippen molar-refractivity contribution in [2.75, 3.05) is 4.90 Å². The number of fused-ring (bicyclic) bond motifs is 2. The summed E-state index contributed by atoms with van der Waals surface area (Å²) in [6, 6.07) is 11.0. The van der Waals surface area contributed by atoms with E-state index >= 15 is 0 Å². The van der Waals surface area contributed by atoms with Crippen molar-refractivity contribution in [3.8, 4) is 22.8 Å². The highest BCUT2D eigenvalue weighted by Crippen LogP contribution is 2.44. The maximum Gasteiger partial charge on any atom is 0.586 e. The molecule has 178 valence electrons. The smallest absolute Gasteiger partial charge is 0.395 e. The predicted octanol–water partition coefficient (Wildman–Crippen LogP) is 3.96. The van der Waals surface area contributed by atoms with Gasteiger partial charge in [-0.05, 0) is 37.1 Å². The zero-order valence-corrected chi connectivity index (χ0v) is 18.6. The lowest BCUT2D eigenvalue weighted by Gasteiger charge is -2.23. The molecule has 1 saturated carbocycles. The van der Waals surface area contributed by atoms with Gasteiger partial charge in [0.25, 0.3) is 5.56 Å². The van der Waals surface area contributed by atoms with Gasteiger partial charge in [-0.2, -0.15) is 5.10 Å². The molecule has 1 N–H and O–H groups in total. The number of anilines is 1. The zero-order valence-electron chi connectivity index (χ0n) is 17.9. The second kappa shape index (κ2) is 7.77. The number of nitrogens with zero attached hydrogens (tertiary/aromatic N) is 4. The third-order valence-electron chi connectivity index (χ3n) is 5.76. The fourth-order valence-corrected chi connectivity index (χ4v) is 4.29. The zero-order chi connectivity index (χ0) is 24.3. The highest BCUT2D eigenvalue weighted by Gasteiger charge is 2.44. The molecule has 2 aromatic heterocycles. The van der Waals surface area contributed by atoms with E-state index in [9.17, 15) is 18.4 Å². The summed E-state index contributed by atoms with van der Waals surface area (Å²) < 4.78 is 36.9. The highest BCUT2D eigenvalue weighted by atomic mass is 35.5. The number of alkyl halides is 2. The fraction of sp³-hybridized carbons (Fsp3) is 0.217. The molecule has 0 unspecified atom stereocenters. The van der Waals surface area contributed by atoms with Gasteiger partial charge in [0.1, 0.15) is 23.3 Å². The second-order valence-electron chi connectivity index (χ2n) is 8.24. The van der Waals surface area contributed by atoms with Crippen molar-refractivity contribution in [2.24, 2.45) is 0 Å². The summed E-state index contributed by atoms with van der Waals surface area (Å²) in [5.41, 5.74) is 1.43. The van der Waals surface area contributed by atoms with Crippen LogP contribution in [0.3, 0.4) is 0 Å². The van der Waals surface area contributed by atoms with Gasteiger partial charge in [0.05, 0.1) is 6.33 Å². The minimum atomic E-state index is -3.76. The fourth-order valence-electron chi connectivity index (χ4n) is 4.10. The number of amides is 1. The number of aromatic nitrogens is 4. The van der Waals surface area contributed by atoms with Crippen LogP contribution in [0.5, 0.6) is 11.5 Å². The van der Waals surface area contributed by atoms with Gasteiger partial charge >= 0.3 is 6.29 Å². The van der Waals surface area contributed by atoms with Crippen LogP contribution in [0.4, 0.5) is 14.5 Å². The average Bonchev–Trinajstić information content (AvgIpc) is 3.40. The van der Waals surface area contributed by atoms with Gasteiger partial charge in [0.2, 0.25) is 5.91 Å². The molecule has 0 bridgehead atoms. The number of ether oxygens (including phenoxy) is 2. The molecule has 0 spiro atoms. The topological polar surface area (TPSA) is 102 Å². The van der Waals surface area contributed by atoms with Crippen LogP contribution in [0.15, 0.2) is 53.6 Å². The molecule has 1 aliphatic carbocycles. The summed E-state index contributed by atoms with van der Waals surface area (Å²) in [5.74, 6) is -0.706. The number of nitrogens with one attached hydrogen (secondary N) is 1. The highest BCUT2D eigenvalue weighted by molar-refractivity contribution is 6.30. The quantitative estimate of drug-likeness (QED) is 0.446. The van der Waals surface area contributed by atoms with E-state index in [2.05, 4.69) is 24.5 Å². The molecule has 2 aromatic carbocycles. The molecular weight excluding hydrogens is 484 g/mol. The lowest BCUT2D eigenvalue weighted by Crippen LogP contribution is -2.39. The molecular formula is C23H16ClF2N5O4. The molecule has 12 heteroatoms. The van der Waals surface area contributed by atoms with Gasteiger partial charge in [-0.15, -0.1) is 8.78 Å². The SMILES string of the molecule is O=C(Cn1nc(-c2cccc(Cl)c2)c2nc[nH]c2c1=O)N(c1ccc2c(c1)OC(F)(F)O2)C1CC1. The molecule has 9 nitrogen and oxygen atoms in total. The Morgan fingerprint density at radius 1 is 1.20 bits per heavy atom. The first-order valence-corrected chi connectivity index (χ1v) is 11.1. The van der Waals surface area contributed by atoms with Crippen LogP contribution in [-0.2, 0) is 11.3 Å². The monoisotopic (exact) mass is 499 g/mol. The summed E-state index contributed by atoms with van der Waals surface area (Å²) >= 11 is 6.13. The maximum absolute atomic E-state index is 13.4. The maximum atomic E-state index is 13.4. The molecule has 4 aromatic rings. The normalized spacial score (nSPS) is 16.0. The van der Waals surface area contributed by atoms with Crippen molar-refractivity contribution in [3.63, 3.8) is 0 Å². The van der Waals surface area contributed by atoms with Crippen LogP contribution in [-0.4, -0.2) is 38.0 Å². The molecule has 1 fully saturated rings. The lowest BCUT2D eigenvalue weighted by molar-refractivity contribution is -0.286. The van der Waals surface area contributed by atoms with E-state index in [1.54, 1.807) is 24.3 Å². The van der Waals surface area contributed by atoms with E-state index in [-0.39, 0.29) is 29.6 Å². The summed E-state index contributed by atoms with van der Waals surface area (Å²) in [7, 11) is 0. The Kier molecular flexibility index (Phi) is 4.78. The number of aromatic amines is 1. The molecule has 0 atom stereocenters. The van der Waals surface area contributed by atoms with Crippen molar-refractivity contribution < 1.29 is 23.0 Å². The Hall–Kier alpha value is -3.99. The molecule has 1 aliphatic heterocycles. The number of benzene rings is 2. The molecule has 0 radical (unpaired) electrons. The summed E-state index contributed by atoms with van der Waals surface area (Å²) in [5, 5.41) is 4.91. The number of rotatable bonds is 5. The molecule has 35 heavy (non-hydrogen) atoms. The van der Waals surface area contributed by atoms with Gasteiger partial charge in [-0.1, -0.05) is 23.7 Å². The Labute approximate surface area is 200 Å². The minimum absolute atomic E-state index is 0.115. The van der Waals surface area contributed by atoms with E-state index in [0.29, 0.717) is 27.5 Å². The van der Waals surface area contributed by atoms with Gasteiger partial charge in [-0.3, -0.25) is 9.59 Å². The van der Waals surface area contributed by atoms with Crippen molar-refractivity contribution in [2.45, 2.75) is 31.7 Å². The summed E-state index contributed by atoms with van der Waals surface area (Å²) in [6.07, 6.45) is -0.895. The van der Waals surface area contributed by atoms with Crippen LogP contribution in [0.25, 0.3) is 22.3 Å². The van der Waals surface area contributed by atoms with Gasteiger partial charge in [0, 0.05) is 28.4 Å². The van der Waals surface area contributed by atoms with E-state index < -0.39 is 17.8 Å². The van der Waals surface area contributed by atoms with Crippen molar-refractivity contribution in [1.82, 2.24) is 19.7 Å². The first kappa shape index (κ1) is 21.5.